The van der Waals surface area contributed by atoms with E-state index >= 15 is 0 Å². The summed E-state index contributed by atoms with van der Waals surface area (Å²) in [4.78, 5) is 19.9. The van der Waals surface area contributed by atoms with Crippen LogP contribution in [0.25, 0.3) is 0 Å². The van der Waals surface area contributed by atoms with E-state index in [1.165, 1.54) is 6.33 Å². The molecule has 154 valence electrons. The predicted octanol–water partition coefficient (Wildman–Crippen LogP) is 4.67. The zero-order valence-corrected chi connectivity index (χ0v) is 17.1. The molecule has 0 aliphatic carbocycles. The molecule has 1 aromatic heterocycles. The molecule has 0 N–H and O–H groups in total. The summed E-state index contributed by atoms with van der Waals surface area (Å²) in [5, 5.41) is 4.49. The number of aromatic nitrogens is 3. The Hall–Kier alpha value is -3.93. The number of methoxy groups -OCH3 is 1. The van der Waals surface area contributed by atoms with Gasteiger partial charge in [0, 0.05) is 5.56 Å². The van der Waals surface area contributed by atoms with Gasteiger partial charge in [0.25, 0.3) is 5.91 Å². The minimum Gasteiger partial charge on any atom is -0.497 e. The maximum Gasteiger partial charge on any atom is 0.261 e. The Bertz CT molecular complexity index is 1170. The van der Waals surface area contributed by atoms with Crippen LogP contribution in [-0.2, 0) is 0 Å². The molecule has 0 radical (unpaired) electrons. The number of rotatable bonds is 4. The monoisotopic (exact) mass is 410 g/mol. The van der Waals surface area contributed by atoms with Crippen molar-refractivity contribution in [2.24, 2.45) is 0 Å². The summed E-state index contributed by atoms with van der Waals surface area (Å²) in [7, 11) is 1.66. The third-order valence-electron chi connectivity index (χ3n) is 5.75. The minimum atomic E-state index is -0.169. The lowest BCUT2D eigenvalue weighted by Crippen LogP contribution is -2.42. The quantitative estimate of drug-likeness (QED) is 0.491. The largest absolute Gasteiger partial charge is 0.497 e. The summed E-state index contributed by atoms with van der Waals surface area (Å²) in [6.07, 6.45) is 2.20. The molecule has 0 fully saturated rings. The normalized spacial score (nSPS) is 17.8. The average Bonchev–Trinajstić information content (AvgIpc) is 3.33. The van der Waals surface area contributed by atoms with Crippen LogP contribution in [0, 0.1) is 0 Å². The van der Waals surface area contributed by atoms with Crippen LogP contribution < -0.4 is 9.64 Å². The van der Waals surface area contributed by atoms with Gasteiger partial charge < -0.3 is 4.74 Å². The highest BCUT2D eigenvalue weighted by molar-refractivity contribution is 6.05. The van der Waals surface area contributed by atoms with Gasteiger partial charge in [0.15, 0.2) is 0 Å². The molecule has 1 amide bonds. The van der Waals surface area contributed by atoms with Gasteiger partial charge in [-0.3, -0.25) is 9.69 Å². The molecule has 3 aromatic carbocycles. The molecule has 6 nitrogen and oxygen atoms in total. The van der Waals surface area contributed by atoms with Crippen LogP contribution in [-0.4, -0.2) is 27.8 Å². The first-order chi connectivity index (χ1) is 15.3. The summed E-state index contributed by atoms with van der Waals surface area (Å²) in [5.74, 6) is 1.27. The number of amides is 1. The summed E-state index contributed by atoms with van der Waals surface area (Å²) in [6.45, 7) is 0. The van der Waals surface area contributed by atoms with E-state index < -0.39 is 0 Å². The zero-order valence-electron chi connectivity index (χ0n) is 17.1. The van der Waals surface area contributed by atoms with Crippen LogP contribution in [0.15, 0.2) is 91.3 Å². The van der Waals surface area contributed by atoms with Crippen molar-refractivity contribution in [1.82, 2.24) is 14.8 Å². The van der Waals surface area contributed by atoms with E-state index in [4.69, 9.17) is 4.74 Å². The molecule has 2 heterocycles. The molecular formula is C25H22N4O2. The highest BCUT2D eigenvalue weighted by atomic mass is 16.5. The standard InChI is InChI=1S/C25H22N4O2/c1-31-21-14-12-19(13-15-21)23-16-22(18-8-4-2-5-9-18)28(25-26-17-27-29(23)25)24(30)20-10-6-3-7-11-20/h2-15,17,22-23H,16H2,1H3. The van der Waals surface area contributed by atoms with Gasteiger partial charge in [0.1, 0.15) is 12.1 Å². The molecule has 0 bridgehead atoms. The summed E-state index contributed by atoms with van der Waals surface area (Å²) >= 11 is 0. The Kier molecular flexibility index (Phi) is 4.96. The zero-order chi connectivity index (χ0) is 21.2. The molecule has 2 atom stereocenters. The van der Waals surface area contributed by atoms with E-state index in [2.05, 4.69) is 22.2 Å². The summed E-state index contributed by atoms with van der Waals surface area (Å²) < 4.78 is 7.16. The molecular weight excluding hydrogens is 388 g/mol. The second kappa shape index (κ2) is 8.07. The average molecular weight is 410 g/mol. The first-order valence-electron chi connectivity index (χ1n) is 10.2. The molecule has 1 aliphatic rings. The minimum absolute atomic E-state index is 0.0477. The summed E-state index contributed by atoms with van der Waals surface area (Å²) in [5.41, 5.74) is 2.79. The van der Waals surface area contributed by atoms with E-state index in [9.17, 15) is 4.79 Å². The molecule has 31 heavy (non-hydrogen) atoms. The van der Waals surface area contributed by atoms with Gasteiger partial charge in [0.05, 0.1) is 19.2 Å². The van der Waals surface area contributed by atoms with Crippen LogP contribution in [0.2, 0.25) is 0 Å². The van der Waals surface area contributed by atoms with E-state index in [1.54, 1.807) is 12.0 Å². The van der Waals surface area contributed by atoms with E-state index in [1.807, 2.05) is 77.5 Å². The predicted molar refractivity (Wildman–Crippen MR) is 118 cm³/mol. The fraction of sp³-hybridized carbons (Fsp3) is 0.160. The maximum atomic E-state index is 13.6. The lowest BCUT2D eigenvalue weighted by molar-refractivity contribution is 0.0963. The van der Waals surface area contributed by atoms with Gasteiger partial charge in [0.2, 0.25) is 5.95 Å². The Balaban J connectivity index is 1.62. The Labute approximate surface area is 180 Å². The number of anilines is 1. The number of carbonyl (C=O) groups excluding carboxylic acids is 1. The highest BCUT2D eigenvalue weighted by Gasteiger charge is 2.39. The van der Waals surface area contributed by atoms with Crippen LogP contribution >= 0.6 is 0 Å². The summed E-state index contributed by atoms with van der Waals surface area (Å²) in [6, 6.07) is 27.2. The number of fused-ring (bicyclic) bond motifs is 1. The fourth-order valence-corrected chi connectivity index (χ4v) is 4.21. The van der Waals surface area contributed by atoms with Crippen LogP contribution in [0.1, 0.15) is 40.0 Å². The first-order valence-corrected chi connectivity index (χ1v) is 10.2. The number of nitrogens with zero attached hydrogens (tertiary/aromatic N) is 4. The topological polar surface area (TPSA) is 60.2 Å². The van der Waals surface area contributed by atoms with Gasteiger partial charge in [-0.25, -0.2) is 4.68 Å². The van der Waals surface area contributed by atoms with E-state index in [-0.39, 0.29) is 18.0 Å². The van der Waals surface area contributed by atoms with Crippen molar-refractivity contribution < 1.29 is 9.53 Å². The van der Waals surface area contributed by atoms with Gasteiger partial charge in [-0.2, -0.15) is 10.1 Å². The van der Waals surface area contributed by atoms with E-state index in [0.717, 1.165) is 16.9 Å². The number of hydrogen-bond donors (Lipinski definition) is 0. The van der Waals surface area contributed by atoms with Gasteiger partial charge in [-0.05, 0) is 41.8 Å². The van der Waals surface area contributed by atoms with E-state index in [0.29, 0.717) is 17.9 Å². The molecule has 1 aliphatic heterocycles. The molecule has 4 aromatic rings. The van der Waals surface area contributed by atoms with Crippen molar-refractivity contribution in [1.29, 1.82) is 0 Å². The molecule has 0 saturated carbocycles. The number of hydrogen-bond acceptors (Lipinski definition) is 4. The van der Waals surface area contributed by atoms with Gasteiger partial charge >= 0.3 is 0 Å². The molecule has 0 saturated heterocycles. The number of benzene rings is 3. The Morgan fingerprint density at radius 3 is 2.19 bits per heavy atom. The first kappa shape index (κ1) is 19.1. The highest BCUT2D eigenvalue weighted by Crippen LogP contribution is 2.42. The van der Waals surface area contributed by atoms with Crippen LogP contribution in [0.4, 0.5) is 5.95 Å². The fourth-order valence-electron chi connectivity index (χ4n) is 4.21. The van der Waals surface area contributed by atoms with Crippen molar-refractivity contribution in [2.75, 3.05) is 12.0 Å². The molecule has 5 rings (SSSR count). The third kappa shape index (κ3) is 3.46. The van der Waals surface area contributed by atoms with Gasteiger partial charge in [-0.15, -0.1) is 0 Å². The van der Waals surface area contributed by atoms with Gasteiger partial charge in [-0.1, -0.05) is 60.7 Å². The van der Waals surface area contributed by atoms with Crippen molar-refractivity contribution in [3.8, 4) is 5.75 Å². The molecule has 6 heteroatoms. The Morgan fingerprint density at radius 1 is 0.871 bits per heavy atom. The number of ether oxygens (including phenoxy) is 1. The van der Waals surface area contributed by atoms with Crippen molar-refractivity contribution in [3.63, 3.8) is 0 Å². The van der Waals surface area contributed by atoms with Crippen molar-refractivity contribution >= 4 is 11.9 Å². The second-order valence-electron chi connectivity index (χ2n) is 7.50. The van der Waals surface area contributed by atoms with Crippen LogP contribution in [0.5, 0.6) is 5.75 Å². The Morgan fingerprint density at radius 2 is 1.52 bits per heavy atom. The van der Waals surface area contributed by atoms with Crippen molar-refractivity contribution in [2.45, 2.75) is 18.5 Å². The smallest absolute Gasteiger partial charge is 0.261 e. The van der Waals surface area contributed by atoms with Crippen molar-refractivity contribution in [3.05, 3.63) is 108 Å². The molecule has 0 spiro atoms. The third-order valence-corrected chi connectivity index (χ3v) is 5.75. The molecule has 2 unspecified atom stereocenters. The number of carbonyl (C=O) groups is 1. The lowest BCUT2D eigenvalue weighted by atomic mass is 9.91. The lowest BCUT2D eigenvalue weighted by Gasteiger charge is -2.39. The SMILES string of the molecule is COc1ccc(C2CC(c3ccccc3)N(C(=O)c3ccccc3)c3ncnn32)cc1. The van der Waals surface area contributed by atoms with Crippen LogP contribution in [0.3, 0.4) is 0 Å². The second-order valence-corrected chi connectivity index (χ2v) is 7.50. The maximum absolute atomic E-state index is 13.6.